The number of nitrogens with zero attached hydrogens (tertiary/aromatic N) is 1. The Balaban J connectivity index is 1.89. The first-order chi connectivity index (χ1) is 12.5. The van der Waals surface area contributed by atoms with Crippen molar-refractivity contribution in [2.24, 2.45) is 5.10 Å². The summed E-state index contributed by atoms with van der Waals surface area (Å²) in [4.78, 5) is 11.9. The third-order valence-corrected chi connectivity index (χ3v) is 3.58. The van der Waals surface area contributed by atoms with E-state index in [-0.39, 0.29) is 12.5 Å². The van der Waals surface area contributed by atoms with Crippen molar-refractivity contribution in [2.45, 2.75) is 20.8 Å². The molecule has 0 spiro atoms. The zero-order chi connectivity index (χ0) is 18.9. The molecule has 0 saturated heterocycles. The summed E-state index contributed by atoms with van der Waals surface area (Å²) in [5.74, 6) is 1.63. The van der Waals surface area contributed by atoms with Crippen molar-refractivity contribution >= 4 is 12.1 Å². The van der Waals surface area contributed by atoms with Crippen molar-refractivity contribution in [3.05, 3.63) is 53.1 Å². The highest BCUT2D eigenvalue weighted by atomic mass is 16.5. The van der Waals surface area contributed by atoms with Gasteiger partial charge in [0.15, 0.2) is 18.1 Å². The van der Waals surface area contributed by atoms with Gasteiger partial charge in [0.1, 0.15) is 5.75 Å². The van der Waals surface area contributed by atoms with E-state index in [0.717, 1.165) is 16.7 Å². The maximum Gasteiger partial charge on any atom is 0.277 e. The van der Waals surface area contributed by atoms with Gasteiger partial charge in [0, 0.05) is 0 Å². The number of rotatable bonds is 8. The standard InChI is InChI=1S/C20H24N2O4/c1-5-25-19-11-16(7-9-18(19)24-4)12-21-22-20(23)13-26-17-8-6-14(2)10-15(17)3/h6-12H,5,13H2,1-4H3,(H,22,23)/b21-12-. The van der Waals surface area contributed by atoms with E-state index < -0.39 is 0 Å². The first kappa shape index (κ1) is 19.3. The molecule has 0 aliphatic rings. The molecule has 1 N–H and O–H groups in total. The summed E-state index contributed by atoms with van der Waals surface area (Å²) in [5, 5.41) is 3.95. The number of hydrogen-bond donors (Lipinski definition) is 1. The molecule has 0 radical (unpaired) electrons. The predicted octanol–water partition coefficient (Wildman–Crippen LogP) is 3.24. The number of hydrogen-bond acceptors (Lipinski definition) is 5. The largest absolute Gasteiger partial charge is 0.493 e. The Kier molecular flexibility index (Phi) is 7.02. The van der Waals surface area contributed by atoms with Crippen molar-refractivity contribution in [3.8, 4) is 17.2 Å². The molecule has 0 saturated carbocycles. The van der Waals surface area contributed by atoms with Crippen LogP contribution in [0.25, 0.3) is 0 Å². The molecule has 0 aliphatic heterocycles. The fourth-order valence-corrected chi connectivity index (χ4v) is 2.36. The van der Waals surface area contributed by atoms with Gasteiger partial charge in [-0.15, -0.1) is 0 Å². The van der Waals surface area contributed by atoms with Crippen molar-refractivity contribution in [2.75, 3.05) is 20.3 Å². The average Bonchev–Trinajstić information content (AvgIpc) is 2.61. The Morgan fingerprint density at radius 3 is 2.54 bits per heavy atom. The van der Waals surface area contributed by atoms with Crippen LogP contribution in [0.5, 0.6) is 17.2 Å². The highest BCUT2D eigenvalue weighted by Gasteiger charge is 2.06. The van der Waals surface area contributed by atoms with Crippen LogP contribution in [0.15, 0.2) is 41.5 Å². The molecule has 0 aromatic heterocycles. The van der Waals surface area contributed by atoms with Crippen molar-refractivity contribution in [3.63, 3.8) is 0 Å². The molecule has 6 heteroatoms. The Morgan fingerprint density at radius 2 is 1.85 bits per heavy atom. The summed E-state index contributed by atoms with van der Waals surface area (Å²) >= 11 is 0. The van der Waals surface area contributed by atoms with Crippen LogP contribution in [0.1, 0.15) is 23.6 Å². The molecule has 26 heavy (non-hydrogen) atoms. The van der Waals surface area contributed by atoms with Gasteiger partial charge in [-0.05, 0) is 56.2 Å². The molecule has 2 aromatic rings. The molecule has 0 fully saturated rings. The first-order valence-corrected chi connectivity index (χ1v) is 8.36. The van der Waals surface area contributed by atoms with Crippen molar-refractivity contribution in [1.82, 2.24) is 5.43 Å². The fraction of sp³-hybridized carbons (Fsp3) is 0.300. The van der Waals surface area contributed by atoms with Crippen molar-refractivity contribution in [1.29, 1.82) is 0 Å². The quantitative estimate of drug-likeness (QED) is 0.582. The fourth-order valence-electron chi connectivity index (χ4n) is 2.36. The highest BCUT2D eigenvalue weighted by Crippen LogP contribution is 2.27. The minimum Gasteiger partial charge on any atom is -0.493 e. The van der Waals surface area contributed by atoms with Crippen LogP contribution in [0.2, 0.25) is 0 Å². The average molecular weight is 356 g/mol. The molecule has 0 aliphatic carbocycles. The Bertz CT molecular complexity index is 787. The third kappa shape index (κ3) is 5.51. The topological polar surface area (TPSA) is 69.2 Å². The normalized spacial score (nSPS) is 10.6. The number of carbonyl (C=O) groups excluding carboxylic acids is 1. The summed E-state index contributed by atoms with van der Waals surface area (Å²) in [5.41, 5.74) is 5.36. The second-order valence-corrected chi connectivity index (χ2v) is 5.69. The van der Waals surface area contributed by atoms with Gasteiger partial charge in [0.05, 0.1) is 19.9 Å². The molecular formula is C20H24N2O4. The van der Waals surface area contributed by atoms with E-state index >= 15 is 0 Å². The Labute approximate surface area is 153 Å². The number of nitrogens with one attached hydrogen (secondary N) is 1. The maximum absolute atomic E-state index is 11.9. The van der Waals surface area contributed by atoms with E-state index in [1.165, 1.54) is 6.21 Å². The molecule has 2 aromatic carbocycles. The summed E-state index contributed by atoms with van der Waals surface area (Å²) in [6.45, 7) is 6.28. The second kappa shape index (κ2) is 9.46. The van der Waals surface area contributed by atoms with Gasteiger partial charge in [-0.1, -0.05) is 17.7 Å². The van der Waals surface area contributed by atoms with Gasteiger partial charge in [0.2, 0.25) is 0 Å². The number of amides is 1. The van der Waals surface area contributed by atoms with Crippen LogP contribution in [-0.2, 0) is 4.79 Å². The Hall–Kier alpha value is -3.02. The highest BCUT2D eigenvalue weighted by molar-refractivity contribution is 5.83. The van der Waals surface area contributed by atoms with Gasteiger partial charge in [0.25, 0.3) is 5.91 Å². The lowest BCUT2D eigenvalue weighted by molar-refractivity contribution is -0.123. The van der Waals surface area contributed by atoms with E-state index in [9.17, 15) is 4.79 Å². The zero-order valence-corrected chi connectivity index (χ0v) is 15.5. The number of benzene rings is 2. The van der Waals surface area contributed by atoms with Gasteiger partial charge in [-0.2, -0.15) is 5.10 Å². The van der Waals surface area contributed by atoms with E-state index in [0.29, 0.717) is 23.9 Å². The predicted molar refractivity (Wildman–Crippen MR) is 101 cm³/mol. The van der Waals surface area contributed by atoms with Gasteiger partial charge < -0.3 is 14.2 Å². The van der Waals surface area contributed by atoms with Crippen LogP contribution >= 0.6 is 0 Å². The number of hydrazone groups is 1. The molecule has 2 rings (SSSR count). The van der Waals surface area contributed by atoms with E-state index in [1.807, 2.05) is 45.0 Å². The molecular weight excluding hydrogens is 332 g/mol. The lowest BCUT2D eigenvalue weighted by Crippen LogP contribution is -2.24. The molecule has 0 heterocycles. The van der Waals surface area contributed by atoms with Crippen LogP contribution in [-0.4, -0.2) is 32.4 Å². The van der Waals surface area contributed by atoms with Gasteiger partial charge >= 0.3 is 0 Å². The molecule has 0 atom stereocenters. The summed E-state index contributed by atoms with van der Waals surface area (Å²) in [6.07, 6.45) is 1.54. The molecule has 6 nitrogen and oxygen atoms in total. The van der Waals surface area contributed by atoms with Gasteiger partial charge in [-0.3, -0.25) is 4.79 Å². The smallest absolute Gasteiger partial charge is 0.277 e. The number of carbonyl (C=O) groups is 1. The molecule has 138 valence electrons. The lowest BCUT2D eigenvalue weighted by atomic mass is 10.1. The van der Waals surface area contributed by atoms with Crippen LogP contribution in [0, 0.1) is 13.8 Å². The van der Waals surface area contributed by atoms with Crippen molar-refractivity contribution < 1.29 is 19.0 Å². The number of aryl methyl sites for hydroxylation is 2. The monoisotopic (exact) mass is 356 g/mol. The summed E-state index contributed by atoms with van der Waals surface area (Å²) in [7, 11) is 1.58. The minimum absolute atomic E-state index is 0.103. The van der Waals surface area contributed by atoms with E-state index in [4.69, 9.17) is 14.2 Å². The van der Waals surface area contributed by atoms with Crippen LogP contribution in [0.4, 0.5) is 0 Å². The zero-order valence-electron chi connectivity index (χ0n) is 15.5. The maximum atomic E-state index is 11.9. The van der Waals surface area contributed by atoms with E-state index in [2.05, 4.69) is 10.5 Å². The van der Waals surface area contributed by atoms with Crippen LogP contribution in [0.3, 0.4) is 0 Å². The lowest BCUT2D eigenvalue weighted by Gasteiger charge is -2.09. The molecule has 1 amide bonds. The Morgan fingerprint density at radius 1 is 1.08 bits per heavy atom. The SMILES string of the molecule is CCOc1cc(/C=N\NC(=O)COc2ccc(C)cc2C)ccc1OC. The summed E-state index contributed by atoms with van der Waals surface area (Å²) in [6, 6.07) is 11.2. The van der Waals surface area contributed by atoms with Crippen LogP contribution < -0.4 is 19.6 Å². The minimum atomic E-state index is -0.334. The molecule has 0 bridgehead atoms. The van der Waals surface area contributed by atoms with Gasteiger partial charge in [-0.25, -0.2) is 5.43 Å². The first-order valence-electron chi connectivity index (χ1n) is 8.36. The summed E-state index contributed by atoms with van der Waals surface area (Å²) < 4.78 is 16.3. The van der Waals surface area contributed by atoms with E-state index in [1.54, 1.807) is 19.2 Å². The second-order valence-electron chi connectivity index (χ2n) is 5.69. The third-order valence-electron chi connectivity index (χ3n) is 3.58. The molecule has 0 unspecified atom stereocenters. The number of ether oxygens (including phenoxy) is 3. The number of methoxy groups -OCH3 is 1.